The van der Waals surface area contributed by atoms with Crippen LogP contribution in [0.25, 0.3) is 0 Å². The lowest BCUT2D eigenvalue weighted by Gasteiger charge is -2.31. The Hall–Kier alpha value is -2.11. The molecule has 2 aromatic rings. The van der Waals surface area contributed by atoms with E-state index in [9.17, 15) is 4.39 Å². The number of hydrogen-bond acceptors (Lipinski definition) is 4. The summed E-state index contributed by atoms with van der Waals surface area (Å²) in [5.41, 5.74) is 3.42. The fourth-order valence-electron chi connectivity index (χ4n) is 3.58. The summed E-state index contributed by atoms with van der Waals surface area (Å²) in [6, 6.07) is 13.3. The number of benzene rings is 2. The number of para-hydroxylation sites is 1. The minimum Gasteiger partial charge on any atom is -0.493 e. The molecule has 1 fully saturated rings. The molecule has 1 N–H and O–H groups in total. The largest absolute Gasteiger partial charge is 0.493 e. The van der Waals surface area contributed by atoms with Gasteiger partial charge in [-0.1, -0.05) is 18.2 Å². The molecule has 2 aliphatic rings. The first-order valence-electron chi connectivity index (χ1n) is 8.87. The van der Waals surface area contributed by atoms with E-state index >= 15 is 0 Å². The zero-order chi connectivity index (χ0) is 17.1. The van der Waals surface area contributed by atoms with Crippen LogP contribution < -0.4 is 15.0 Å². The van der Waals surface area contributed by atoms with Gasteiger partial charge < -0.3 is 19.7 Å². The number of hydrogen-bond donors (Lipinski definition) is 1. The van der Waals surface area contributed by atoms with Gasteiger partial charge in [0.25, 0.3) is 0 Å². The van der Waals surface area contributed by atoms with E-state index in [4.69, 9.17) is 9.47 Å². The Balaban J connectivity index is 1.50. The lowest BCUT2D eigenvalue weighted by Crippen LogP contribution is -2.37. The molecule has 0 amide bonds. The second kappa shape index (κ2) is 7.42. The normalized spacial score (nSPS) is 20.0. The van der Waals surface area contributed by atoms with Gasteiger partial charge in [-0.2, -0.15) is 0 Å². The Labute approximate surface area is 147 Å². The maximum Gasteiger partial charge on any atom is 0.124 e. The number of fused-ring (bicyclic) bond motifs is 1. The molecule has 1 unspecified atom stereocenters. The van der Waals surface area contributed by atoms with Gasteiger partial charge in [0.1, 0.15) is 11.6 Å². The maximum absolute atomic E-state index is 13.6. The van der Waals surface area contributed by atoms with E-state index in [1.165, 1.54) is 17.3 Å². The van der Waals surface area contributed by atoms with Crippen molar-refractivity contribution in [1.82, 2.24) is 5.32 Å². The molecule has 0 spiro atoms. The van der Waals surface area contributed by atoms with E-state index < -0.39 is 0 Å². The van der Waals surface area contributed by atoms with E-state index in [1.807, 2.05) is 0 Å². The van der Waals surface area contributed by atoms with Crippen LogP contribution in [0.4, 0.5) is 10.1 Å². The molecular formula is C20H23FN2O2. The first kappa shape index (κ1) is 16.4. The van der Waals surface area contributed by atoms with Crippen molar-refractivity contribution < 1.29 is 13.9 Å². The Morgan fingerprint density at radius 2 is 1.92 bits per heavy atom. The van der Waals surface area contributed by atoms with Crippen molar-refractivity contribution >= 4 is 5.69 Å². The van der Waals surface area contributed by atoms with Crippen molar-refractivity contribution in [2.45, 2.75) is 19.0 Å². The Kier molecular flexibility index (Phi) is 4.85. The second-order valence-corrected chi connectivity index (χ2v) is 6.48. The smallest absolute Gasteiger partial charge is 0.124 e. The number of morpholine rings is 1. The third-order valence-electron chi connectivity index (χ3n) is 4.89. The average molecular weight is 342 g/mol. The quantitative estimate of drug-likeness (QED) is 0.925. The van der Waals surface area contributed by atoms with Crippen LogP contribution >= 0.6 is 0 Å². The van der Waals surface area contributed by atoms with Crippen molar-refractivity contribution in [3.63, 3.8) is 0 Å². The molecule has 0 radical (unpaired) electrons. The Bertz CT molecular complexity index is 731. The second-order valence-electron chi connectivity index (χ2n) is 6.48. The summed E-state index contributed by atoms with van der Waals surface area (Å²) >= 11 is 0. The van der Waals surface area contributed by atoms with E-state index in [0.29, 0.717) is 6.61 Å². The number of anilines is 1. The summed E-state index contributed by atoms with van der Waals surface area (Å²) < 4.78 is 24.7. The van der Waals surface area contributed by atoms with Crippen LogP contribution in [0.15, 0.2) is 42.5 Å². The van der Waals surface area contributed by atoms with Crippen LogP contribution in [0, 0.1) is 5.82 Å². The average Bonchev–Trinajstić information content (AvgIpc) is 2.67. The van der Waals surface area contributed by atoms with Crippen molar-refractivity contribution in [1.29, 1.82) is 0 Å². The van der Waals surface area contributed by atoms with Crippen molar-refractivity contribution in [2.24, 2.45) is 0 Å². The number of nitrogens with zero attached hydrogens (tertiary/aromatic N) is 1. The van der Waals surface area contributed by atoms with E-state index in [2.05, 4.69) is 34.5 Å². The molecule has 0 bridgehead atoms. The highest BCUT2D eigenvalue weighted by atomic mass is 19.1. The maximum atomic E-state index is 13.6. The molecule has 0 aliphatic carbocycles. The van der Waals surface area contributed by atoms with Crippen LogP contribution in [0.2, 0.25) is 0 Å². The van der Waals surface area contributed by atoms with Crippen molar-refractivity contribution in [3.8, 4) is 5.75 Å². The molecule has 0 saturated carbocycles. The Morgan fingerprint density at radius 3 is 2.80 bits per heavy atom. The van der Waals surface area contributed by atoms with Crippen LogP contribution in [0.3, 0.4) is 0 Å². The minimum absolute atomic E-state index is 0.109. The minimum atomic E-state index is -0.218. The van der Waals surface area contributed by atoms with Crippen LogP contribution in [-0.4, -0.2) is 32.9 Å². The van der Waals surface area contributed by atoms with Crippen LogP contribution in [0.5, 0.6) is 5.75 Å². The summed E-state index contributed by atoms with van der Waals surface area (Å²) in [4.78, 5) is 2.37. The van der Waals surface area contributed by atoms with Gasteiger partial charge in [0.15, 0.2) is 0 Å². The van der Waals surface area contributed by atoms with E-state index in [-0.39, 0.29) is 11.9 Å². The highest BCUT2D eigenvalue weighted by molar-refractivity contribution is 5.54. The fraction of sp³-hybridized carbons (Fsp3) is 0.400. The molecule has 5 heteroatoms. The first-order chi connectivity index (χ1) is 12.3. The standard InChI is InChI=1S/C20H23FN2O2/c21-16-5-6-20-17(13-16)18(7-10-25-20)22-14-15-3-1-2-4-19(15)23-8-11-24-12-9-23/h1-6,13,18,22H,7-12,14H2. The molecule has 25 heavy (non-hydrogen) atoms. The third-order valence-corrected chi connectivity index (χ3v) is 4.89. The molecule has 132 valence electrons. The van der Waals surface area contributed by atoms with Gasteiger partial charge in [0.05, 0.1) is 19.8 Å². The molecule has 0 aromatic heterocycles. The first-order valence-corrected chi connectivity index (χ1v) is 8.87. The third kappa shape index (κ3) is 3.62. The zero-order valence-electron chi connectivity index (χ0n) is 14.2. The molecule has 2 aliphatic heterocycles. The van der Waals surface area contributed by atoms with Crippen molar-refractivity contribution in [3.05, 3.63) is 59.4 Å². The monoisotopic (exact) mass is 342 g/mol. The topological polar surface area (TPSA) is 33.7 Å². The molecule has 4 nitrogen and oxygen atoms in total. The van der Waals surface area contributed by atoms with Gasteiger partial charge in [-0.15, -0.1) is 0 Å². The SMILES string of the molecule is Fc1ccc2c(c1)C(NCc1ccccc1N1CCOCC1)CCO2. The summed E-state index contributed by atoms with van der Waals surface area (Å²) in [6.07, 6.45) is 0.843. The molecular weight excluding hydrogens is 319 g/mol. The van der Waals surface area contributed by atoms with Gasteiger partial charge in [-0.25, -0.2) is 4.39 Å². The predicted molar refractivity (Wildman–Crippen MR) is 95.6 cm³/mol. The molecule has 4 rings (SSSR count). The Morgan fingerprint density at radius 1 is 1.08 bits per heavy atom. The molecule has 2 heterocycles. The molecule has 1 saturated heterocycles. The summed E-state index contributed by atoms with van der Waals surface area (Å²) in [5, 5.41) is 3.60. The van der Waals surface area contributed by atoms with E-state index in [1.54, 1.807) is 12.1 Å². The number of rotatable bonds is 4. The summed E-state index contributed by atoms with van der Waals surface area (Å²) in [7, 11) is 0. The van der Waals surface area contributed by atoms with E-state index in [0.717, 1.165) is 50.6 Å². The lowest BCUT2D eigenvalue weighted by atomic mass is 10.00. The fourth-order valence-corrected chi connectivity index (χ4v) is 3.58. The number of halogens is 1. The summed E-state index contributed by atoms with van der Waals surface area (Å²) in [5.74, 6) is 0.566. The lowest BCUT2D eigenvalue weighted by molar-refractivity contribution is 0.122. The van der Waals surface area contributed by atoms with Crippen LogP contribution in [-0.2, 0) is 11.3 Å². The van der Waals surface area contributed by atoms with Crippen molar-refractivity contribution in [2.75, 3.05) is 37.8 Å². The number of nitrogens with one attached hydrogen (secondary N) is 1. The predicted octanol–water partition coefficient (Wildman–Crippen LogP) is 3.28. The molecule has 2 aromatic carbocycles. The highest BCUT2D eigenvalue weighted by Gasteiger charge is 2.22. The van der Waals surface area contributed by atoms with Crippen LogP contribution in [0.1, 0.15) is 23.6 Å². The van der Waals surface area contributed by atoms with Gasteiger partial charge >= 0.3 is 0 Å². The number of ether oxygens (including phenoxy) is 2. The van der Waals surface area contributed by atoms with Gasteiger partial charge in [0.2, 0.25) is 0 Å². The summed E-state index contributed by atoms with van der Waals surface area (Å²) in [6.45, 7) is 4.78. The van der Waals surface area contributed by atoms with Gasteiger partial charge in [-0.3, -0.25) is 0 Å². The van der Waals surface area contributed by atoms with Gasteiger partial charge in [0, 0.05) is 43.3 Å². The zero-order valence-corrected chi connectivity index (χ0v) is 14.2. The molecule has 1 atom stereocenters. The van der Waals surface area contributed by atoms with Gasteiger partial charge in [-0.05, 0) is 29.8 Å². The highest BCUT2D eigenvalue weighted by Crippen LogP contribution is 2.33.